The van der Waals surface area contributed by atoms with Crippen LogP contribution < -0.4 is 11.1 Å². The zero-order valence-corrected chi connectivity index (χ0v) is 22.5. The van der Waals surface area contributed by atoms with Gasteiger partial charge in [0.15, 0.2) is 5.69 Å². The molecule has 2 aromatic heterocycles. The minimum Gasteiger partial charge on any atom is -0.477 e. The highest BCUT2D eigenvalue weighted by atomic mass is 19.1. The van der Waals surface area contributed by atoms with E-state index in [4.69, 9.17) is 10.5 Å². The predicted molar refractivity (Wildman–Crippen MR) is 154 cm³/mol. The number of fused-ring (bicyclic) bond motifs is 2. The quantitative estimate of drug-likeness (QED) is 0.214. The molecule has 2 heterocycles. The van der Waals surface area contributed by atoms with Gasteiger partial charge in [-0.3, -0.25) is 4.79 Å². The van der Waals surface area contributed by atoms with Gasteiger partial charge in [0.05, 0.1) is 11.6 Å². The van der Waals surface area contributed by atoms with Crippen molar-refractivity contribution in [1.82, 2.24) is 24.9 Å². The number of benzene rings is 2. The Labute approximate surface area is 242 Å². The number of ether oxygens (including phenoxy) is 1. The third-order valence-corrected chi connectivity index (χ3v) is 6.65. The van der Waals surface area contributed by atoms with Crippen LogP contribution >= 0.6 is 0 Å². The third-order valence-electron chi connectivity index (χ3n) is 6.65. The maximum Gasteiger partial charge on any atom is 0.354 e. The van der Waals surface area contributed by atoms with Crippen LogP contribution in [0.4, 0.5) is 4.39 Å². The molecule has 11 nitrogen and oxygen atoms in total. The Kier molecular flexibility index (Phi) is 10.2. The van der Waals surface area contributed by atoms with E-state index in [1.165, 1.54) is 35.1 Å². The van der Waals surface area contributed by atoms with Crippen molar-refractivity contribution in [2.75, 3.05) is 6.61 Å². The Balaban J connectivity index is 0.000000374. The summed E-state index contributed by atoms with van der Waals surface area (Å²) in [5, 5.41) is 16.2. The highest BCUT2D eigenvalue weighted by molar-refractivity contribution is 5.96. The van der Waals surface area contributed by atoms with Crippen LogP contribution in [0.2, 0.25) is 0 Å². The second-order valence-corrected chi connectivity index (χ2v) is 9.40. The van der Waals surface area contributed by atoms with Crippen LogP contribution in [0.3, 0.4) is 0 Å². The number of carbonyl (C=O) groups excluding carboxylic acids is 2. The van der Waals surface area contributed by atoms with Crippen molar-refractivity contribution in [3.63, 3.8) is 0 Å². The monoisotopic (exact) mass is 576 g/mol. The Morgan fingerprint density at radius 2 is 1.98 bits per heavy atom. The molecule has 0 unspecified atom stereocenters. The van der Waals surface area contributed by atoms with Crippen LogP contribution in [0.15, 0.2) is 61.4 Å². The lowest BCUT2D eigenvalue weighted by Crippen LogP contribution is -2.29. The summed E-state index contributed by atoms with van der Waals surface area (Å²) in [7, 11) is 0. The minimum absolute atomic E-state index is 0. The lowest BCUT2D eigenvalue weighted by Gasteiger charge is -2.16. The molecule has 0 radical (unpaired) electrons. The second kappa shape index (κ2) is 13.6. The molecule has 12 heteroatoms. The standard InChI is InChI=1S/C21H19N5O5.C8H10FN.CH4/c1-3-8-31-20(30)13-4-5-14-12(11(13)2)6-7-15(14)24-18(27)17-9-16(19(28)29)25-21-22-10-23-26(17)21;1-6(10)7-2-4-8(9)5-3-7;/h3-5,9-10,15H,1,6-8H2,2H3,(H,24,27)(H,28,29);2-6H,10H2,1H3;1H4/t15-;6-;/m01./s1. The van der Waals surface area contributed by atoms with Crippen LogP contribution in [0, 0.1) is 12.7 Å². The number of carbonyl (C=O) groups is 3. The molecule has 0 fully saturated rings. The fourth-order valence-corrected chi connectivity index (χ4v) is 4.55. The number of halogens is 1. The summed E-state index contributed by atoms with van der Waals surface area (Å²) >= 11 is 0. The number of nitrogens with one attached hydrogen (secondary N) is 1. The number of aromatic carboxylic acids is 1. The third kappa shape index (κ3) is 6.84. The van der Waals surface area contributed by atoms with E-state index in [0.717, 1.165) is 22.3 Å². The van der Waals surface area contributed by atoms with Crippen molar-refractivity contribution in [3.8, 4) is 0 Å². The summed E-state index contributed by atoms with van der Waals surface area (Å²) in [6.45, 7) is 7.39. The average molecular weight is 577 g/mol. The summed E-state index contributed by atoms with van der Waals surface area (Å²) in [6.07, 6.45) is 4.04. The van der Waals surface area contributed by atoms with Gasteiger partial charge in [0.25, 0.3) is 11.7 Å². The van der Waals surface area contributed by atoms with Crippen LogP contribution in [0.25, 0.3) is 5.78 Å². The molecular formula is C30H33FN6O5. The van der Waals surface area contributed by atoms with E-state index >= 15 is 0 Å². The molecule has 1 aliphatic rings. The maximum atomic E-state index is 13.0. The van der Waals surface area contributed by atoms with Gasteiger partial charge in [-0.15, -0.1) is 0 Å². The Morgan fingerprint density at radius 1 is 1.26 bits per heavy atom. The molecule has 2 atom stereocenters. The van der Waals surface area contributed by atoms with E-state index in [-0.39, 0.29) is 49.1 Å². The van der Waals surface area contributed by atoms with Gasteiger partial charge in [0.2, 0.25) is 0 Å². The smallest absolute Gasteiger partial charge is 0.354 e. The van der Waals surface area contributed by atoms with Gasteiger partial charge >= 0.3 is 11.9 Å². The normalized spacial score (nSPS) is 14.0. The number of rotatable bonds is 7. The number of hydrogen-bond acceptors (Lipinski definition) is 8. The Bertz CT molecular complexity index is 1620. The van der Waals surface area contributed by atoms with E-state index in [0.29, 0.717) is 18.4 Å². The first kappa shape index (κ1) is 31.6. The lowest BCUT2D eigenvalue weighted by molar-refractivity contribution is 0.0548. The molecule has 2 aromatic carbocycles. The molecule has 0 aliphatic heterocycles. The first-order chi connectivity index (χ1) is 19.6. The number of carboxylic acids is 1. The van der Waals surface area contributed by atoms with Crippen molar-refractivity contribution < 1.29 is 28.6 Å². The van der Waals surface area contributed by atoms with Crippen molar-refractivity contribution in [2.24, 2.45) is 5.73 Å². The molecule has 5 rings (SSSR count). The fraction of sp³-hybridized carbons (Fsp3) is 0.267. The molecule has 42 heavy (non-hydrogen) atoms. The zero-order chi connectivity index (χ0) is 29.7. The van der Waals surface area contributed by atoms with Gasteiger partial charge < -0.3 is 20.9 Å². The van der Waals surface area contributed by atoms with Gasteiger partial charge in [-0.25, -0.2) is 19.0 Å². The first-order valence-corrected chi connectivity index (χ1v) is 12.8. The first-order valence-electron chi connectivity index (χ1n) is 12.8. The van der Waals surface area contributed by atoms with Crippen LogP contribution in [0.5, 0.6) is 0 Å². The van der Waals surface area contributed by atoms with Crippen molar-refractivity contribution in [1.29, 1.82) is 0 Å². The molecule has 220 valence electrons. The summed E-state index contributed by atoms with van der Waals surface area (Å²) < 4.78 is 18.6. The fourth-order valence-electron chi connectivity index (χ4n) is 4.55. The summed E-state index contributed by atoms with van der Waals surface area (Å²) in [4.78, 5) is 44.3. The van der Waals surface area contributed by atoms with Crippen LogP contribution in [-0.2, 0) is 11.2 Å². The van der Waals surface area contributed by atoms with Gasteiger partial charge in [0, 0.05) is 12.1 Å². The highest BCUT2D eigenvalue weighted by Gasteiger charge is 2.29. The number of nitrogens with two attached hydrogens (primary N) is 1. The lowest BCUT2D eigenvalue weighted by atomic mass is 9.98. The molecular weight excluding hydrogens is 543 g/mol. The number of nitrogens with zero attached hydrogens (tertiary/aromatic N) is 4. The highest BCUT2D eigenvalue weighted by Crippen LogP contribution is 2.35. The van der Waals surface area contributed by atoms with Crippen LogP contribution in [-0.4, -0.2) is 49.1 Å². The molecule has 1 aliphatic carbocycles. The molecule has 0 saturated carbocycles. The Morgan fingerprint density at radius 3 is 2.62 bits per heavy atom. The summed E-state index contributed by atoms with van der Waals surface area (Å²) in [5.41, 5.74) is 9.43. The number of aromatic nitrogens is 4. The molecule has 0 spiro atoms. The van der Waals surface area contributed by atoms with E-state index in [1.54, 1.807) is 18.2 Å². The molecule has 4 N–H and O–H groups in total. The molecule has 0 saturated heterocycles. The number of carboxylic acid groups (broad SMARTS) is 1. The number of hydrogen-bond donors (Lipinski definition) is 3. The van der Waals surface area contributed by atoms with Crippen molar-refractivity contribution in [2.45, 2.75) is 46.2 Å². The number of esters is 1. The molecule has 0 bridgehead atoms. The average Bonchev–Trinajstić information content (AvgIpc) is 3.59. The van der Waals surface area contributed by atoms with Gasteiger partial charge in [-0.05, 0) is 67.1 Å². The second-order valence-electron chi connectivity index (χ2n) is 9.40. The maximum absolute atomic E-state index is 13.0. The van der Waals surface area contributed by atoms with Gasteiger partial charge in [-0.1, -0.05) is 38.3 Å². The largest absolute Gasteiger partial charge is 0.477 e. The summed E-state index contributed by atoms with van der Waals surface area (Å²) in [5.74, 6) is -2.37. The van der Waals surface area contributed by atoms with Gasteiger partial charge in [0.1, 0.15) is 24.4 Å². The topological polar surface area (TPSA) is 162 Å². The predicted octanol–water partition coefficient (Wildman–Crippen LogP) is 4.37. The SMILES string of the molecule is C.C=CCOC(=O)c1ccc2c(c1C)CC[C@@H]2NC(=O)c1cc(C(=O)O)nc2ncnn12.C[C@@H](N)c1ccc(F)cc1. The Hall–Kier alpha value is -4.97. The van der Waals surface area contributed by atoms with E-state index < -0.39 is 17.8 Å². The molecule has 1 amide bonds. The van der Waals surface area contributed by atoms with Crippen molar-refractivity contribution >= 4 is 23.6 Å². The number of amides is 1. The summed E-state index contributed by atoms with van der Waals surface area (Å²) in [6, 6.07) is 10.6. The van der Waals surface area contributed by atoms with Crippen molar-refractivity contribution in [3.05, 3.63) is 106 Å². The van der Waals surface area contributed by atoms with E-state index in [2.05, 4.69) is 27.0 Å². The van der Waals surface area contributed by atoms with Gasteiger partial charge in [-0.2, -0.15) is 14.6 Å². The van der Waals surface area contributed by atoms with Crippen LogP contribution in [0.1, 0.15) is 86.4 Å². The minimum atomic E-state index is -1.27. The zero-order valence-electron chi connectivity index (χ0n) is 22.5. The van der Waals surface area contributed by atoms with E-state index in [9.17, 15) is 23.9 Å². The molecule has 4 aromatic rings. The van der Waals surface area contributed by atoms with E-state index in [1.807, 2.05) is 19.9 Å².